The zero-order valence-electron chi connectivity index (χ0n) is 7.19. The molecule has 4 nitrogen and oxygen atoms in total. The van der Waals surface area contributed by atoms with Crippen molar-refractivity contribution in [2.75, 3.05) is 6.26 Å². The molecule has 68 valence electrons. The zero-order chi connectivity index (χ0) is 9.19. The molecule has 0 N–H and O–H groups in total. The average Bonchev–Trinajstić information content (AvgIpc) is 2.34. The Morgan fingerprint density at radius 1 is 1.58 bits per heavy atom. The van der Waals surface area contributed by atoms with Crippen LogP contribution in [0.25, 0.3) is 0 Å². The van der Waals surface area contributed by atoms with Gasteiger partial charge < -0.3 is 4.57 Å². The van der Waals surface area contributed by atoms with E-state index in [0.717, 1.165) is 6.42 Å². The first-order valence-electron chi connectivity index (χ1n) is 3.77. The molecule has 1 aromatic heterocycles. The first-order valence-corrected chi connectivity index (χ1v) is 5.66. The number of hydrogen-bond acceptors (Lipinski definition) is 3. The van der Waals surface area contributed by atoms with Gasteiger partial charge in [-0.2, -0.15) is 0 Å². The lowest BCUT2D eigenvalue weighted by Gasteiger charge is -2.02. The lowest BCUT2D eigenvalue weighted by Crippen LogP contribution is -2.08. The van der Waals surface area contributed by atoms with Gasteiger partial charge in [-0.1, -0.05) is 6.92 Å². The molecule has 5 heteroatoms. The molecule has 0 aliphatic carbocycles. The second kappa shape index (κ2) is 3.26. The summed E-state index contributed by atoms with van der Waals surface area (Å²) in [6.45, 7) is 2.69. The third kappa shape index (κ3) is 1.85. The normalized spacial score (nSPS) is 11.8. The predicted molar refractivity (Wildman–Crippen MR) is 45.6 cm³/mol. The van der Waals surface area contributed by atoms with Crippen molar-refractivity contribution in [2.24, 2.45) is 0 Å². The van der Waals surface area contributed by atoms with E-state index in [1.807, 2.05) is 6.92 Å². The van der Waals surface area contributed by atoms with E-state index < -0.39 is 9.84 Å². The van der Waals surface area contributed by atoms with E-state index in [1.54, 1.807) is 10.8 Å². The van der Waals surface area contributed by atoms with Gasteiger partial charge in [0.15, 0.2) is 0 Å². The second-order valence-corrected chi connectivity index (χ2v) is 4.58. The van der Waals surface area contributed by atoms with Crippen molar-refractivity contribution < 1.29 is 8.42 Å². The van der Waals surface area contributed by atoms with Crippen LogP contribution in [-0.4, -0.2) is 24.2 Å². The molecule has 0 amide bonds. The van der Waals surface area contributed by atoms with Crippen LogP contribution in [0.1, 0.15) is 13.3 Å². The van der Waals surface area contributed by atoms with Crippen molar-refractivity contribution in [3.63, 3.8) is 0 Å². The monoisotopic (exact) mass is 188 g/mol. The number of aryl methyl sites for hydroxylation is 1. The molecule has 0 aromatic carbocycles. The van der Waals surface area contributed by atoms with Crippen LogP contribution in [-0.2, 0) is 16.4 Å². The van der Waals surface area contributed by atoms with Crippen LogP contribution in [0.2, 0.25) is 0 Å². The minimum absolute atomic E-state index is 0.157. The molecule has 0 spiro atoms. The van der Waals surface area contributed by atoms with Crippen molar-refractivity contribution in [1.29, 1.82) is 0 Å². The summed E-state index contributed by atoms with van der Waals surface area (Å²) in [5.74, 6) is 0. The van der Waals surface area contributed by atoms with E-state index in [2.05, 4.69) is 4.98 Å². The molecule has 1 heterocycles. The Hall–Kier alpha value is -0.840. The van der Waals surface area contributed by atoms with Crippen LogP contribution < -0.4 is 0 Å². The molecular formula is C7H12N2O2S. The number of nitrogens with zero attached hydrogens (tertiary/aromatic N) is 2. The van der Waals surface area contributed by atoms with Crippen molar-refractivity contribution in [3.8, 4) is 0 Å². The van der Waals surface area contributed by atoms with E-state index in [4.69, 9.17) is 0 Å². The van der Waals surface area contributed by atoms with Crippen LogP contribution >= 0.6 is 0 Å². The van der Waals surface area contributed by atoms with Gasteiger partial charge in [-0.25, -0.2) is 13.4 Å². The SMILES string of the molecule is CCCn1ccnc1S(C)(=O)=O. The first-order chi connectivity index (χ1) is 5.55. The van der Waals surface area contributed by atoms with Gasteiger partial charge in [0.05, 0.1) is 0 Å². The predicted octanol–water partition coefficient (Wildman–Crippen LogP) is 0.697. The molecule has 0 unspecified atom stereocenters. The maximum absolute atomic E-state index is 11.1. The van der Waals surface area contributed by atoms with Gasteiger partial charge >= 0.3 is 0 Å². The fourth-order valence-corrected chi connectivity index (χ4v) is 1.87. The number of aromatic nitrogens is 2. The lowest BCUT2D eigenvalue weighted by molar-refractivity contribution is 0.561. The molecule has 0 aliphatic rings. The van der Waals surface area contributed by atoms with E-state index in [1.165, 1.54) is 12.5 Å². The molecule has 12 heavy (non-hydrogen) atoms. The third-order valence-electron chi connectivity index (χ3n) is 1.47. The molecule has 0 fully saturated rings. The van der Waals surface area contributed by atoms with Gasteiger partial charge in [0.1, 0.15) is 0 Å². The van der Waals surface area contributed by atoms with E-state index in [9.17, 15) is 8.42 Å². The molecule has 1 rings (SSSR count). The van der Waals surface area contributed by atoms with Crippen LogP contribution in [0, 0.1) is 0 Å². The standard InChI is InChI=1S/C7H12N2O2S/c1-3-5-9-6-4-8-7(9)12(2,10)11/h4,6H,3,5H2,1-2H3. The van der Waals surface area contributed by atoms with Gasteiger partial charge in [0, 0.05) is 25.2 Å². The highest BCUT2D eigenvalue weighted by molar-refractivity contribution is 7.90. The zero-order valence-corrected chi connectivity index (χ0v) is 8.00. The molecule has 0 atom stereocenters. The van der Waals surface area contributed by atoms with Gasteiger partial charge in [0.2, 0.25) is 15.0 Å². The smallest absolute Gasteiger partial charge is 0.227 e. The molecule has 0 bridgehead atoms. The summed E-state index contributed by atoms with van der Waals surface area (Å²) in [6.07, 6.45) is 5.26. The Bertz CT molecular complexity index is 353. The van der Waals surface area contributed by atoms with Crippen molar-refractivity contribution >= 4 is 9.84 Å². The first kappa shape index (κ1) is 9.25. The maximum Gasteiger partial charge on any atom is 0.227 e. The van der Waals surface area contributed by atoms with Crippen LogP contribution in [0.4, 0.5) is 0 Å². The maximum atomic E-state index is 11.1. The minimum Gasteiger partial charge on any atom is -0.322 e. The fourth-order valence-electron chi connectivity index (χ4n) is 1.04. The summed E-state index contributed by atoms with van der Waals surface area (Å²) < 4.78 is 23.9. The molecule has 0 aliphatic heterocycles. The van der Waals surface area contributed by atoms with Gasteiger partial charge in [-0.05, 0) is 6.42 Å². The third-order valence-corrected chi connectivity index (χ3v) is 2.48. The van der Waals surface area contributed by atoms with Crippen LogP contribution in [0.3, 0.4) is 0 Å². The summed E-state index contributed by atoms with van der Waals surface area (Å²) in [4.78, 5) is 3.78. The quantitative estimate of drug-likeness (QED) is 0.701. The Morgan fingerprint density at radius 2 is 2.25 bits per heavy atom. The number of imidazole rings is 1. The van der Waals surface area contributed by atoms with Gasteiger partial charge in [-0.3, -0.25) is 0 Å². The highest BCUT2D eigenvalue weighted by atomic mass is 32.2. The molecule has 0 saturated carbocycles. The van der Waals surface area contributed by atoms with E-state index in [-0.39, 0.29) is 5.16 Å². The topological polar surface area (TPSA) is 52.0 Å². The molecule has 0 radical (unpaired) electrons. The summed E-state index contributed by atoms with van der Waals surface area (Å²) in [7, 11) is -3.16. The molecule has 1 aromatic rings. The van der Waals surface area contributed by atoms with Crippen molar-refractivity contribution in [2.45, 2.75) is 25.0 Å². The van der Waals surface area contributed by atoms with E-state index >= 15 is 0 Å². The van der Waals surface area contributed by atoms with Gasteiger partial charge in [-0.15, -0.1) is 0 Å². The van der Waals surface area contributed by atoms with Crippen molar-refractivity contribution in [3.05, 3.63) is 12.4 Å². The Morgan fingerprint density at radius 3 is 2.75 bits per heavy atom. The molecule has 0 saturated heterocycles. The lowest BCUT2D eigenvalue weighted by atomic mass is 10.5. The van der Waals surface area contributed by atoms with Crippen molar-refractivity contribution in [1.82, 2.24) is 9.55 Å². The average molecular weight is 188 g/mol. The fraction of sp³-hybridized carbons (Fsp3) is 0.571. The summed E-state index contributed by atoms with van der Waals surface area (Å²) in [5.41, 5.74) is 0. The number of hydrogen-bond donors (Lipinski definition) is 0. The second-order valence-electron chi connectivity index (χ2n) is 2.68. The minimum atomic E-state index is -3.16. The highest BCUT2D eigenvalue weighted by Crippen LogP contribution is 2.05. The Labute approximate surface area is 72.2 Å². The van der Waals surface area contributed by atoms with Gasteiger partial charge in [0.25, 0.3) is 0 Å². The number of sulfone groups is 1. The van der Waals surface area contributed by atoms with Crippen LogP contribution in [0.15, 0.2) is 17.6 Å². The van der Waals surface area contributed by atoms with Crippen LogP contribution in [0.5, 0.6) is 0 Å². The summed E-state index contributed by atoms with van der Waals surface area (Å²) >= 11 is 0. The Balaban J connectivity index is 3.08. The summed E-state index contributed by atoms with van der Waals surface area (Å²) in [5, 5.41) is 0.157. The summed E-state index contributed by atoms with van der Waals surface area (Å²) in [6, 6.07) is 0. The largest absolute Gasteiger partial charge is 0.322 e. The highest BCUT2D eigenvalue weighted by Gasteiger charge is 2.13. The number of rotatable bonds is 3. The van der Waals surface area contributed by atoms with E-state index in [0.29, 0.717) is 6.54 Å². The molecular weight excluding hydrogens is 176 g/mol. The Kier molecular flexibility index (Phi) is 2.52.